The molecule has 30 heavy (non-hydrogen) atoms. The van der Waals surface area contributed by atoms with Crippen molar-refractivity contribution in [2.75, 3.05) is 37.8 Å². The van der Waals surface area contributed by atoms with E-state index in [1.54, 1.807) is 24.5 Å². The number of halogens is 4. The number of alkyl halides is 3. The van der Waals surface area contributed by atoms with Gasteiger partial charge in [-0.3, -0.25) is 4.98 Å². The van der Waals surface area contributed by atoms with Crippen molar-refractivity contribution < 1.29 is 13.2 Å². The van der Waals surface area contributed by atoms with E-state index in [-0.39, 0.29) is 5.02 Å². The summed E-state index contributed by atoms with van der Waals surface area (Å²) in [6, 6.07) is 8.44. The molecule has 2 N–H and O–H groups in total. The molecule has 0 aliphatic heterocycles. The van der Waals surface area contributed by atoms with Crippen molar-refractivity contribution in [2.24, 2.45) is 0 Å². The number of likely N-dealkylation sites (N-methyl/N-ethyl adjacent to an activating group) is 1. The Morgan fingerprint density at radius 3 is 2.53 bits per heavy atom. The second-order valence-corrected chi connectivity index (χ2v) is 7.16. The fourth-order valence-electron chi connectivity index (χ4n) is 2.57. The van der Waals surface area contributed by atoms with Crippen LogP contribution in [-0.4, -0.2) is 47.0 Å². The molecule has 0 atom stereocenters. The van der Waals surface area contributed by atoms with Crippen LogP contribution < -0.4 is 10.6 Å². The zero-order chi connectivity index (χ0) is 21.7. The predicted octanol–water partition coefficient (Wildman–Crippen LogP) is 4.93. The van der Waals surface area contributed by atoms with Crippen molar-refractivity contribution in [3.63, 3.8) is 0 Å². The molecular formula is C20H20ClF3N6. The van der Waals surface area contributed by atoms with E-state index in [9.17, 15) is 13.2 Å². The molecule has 0 amide bonds. The van der Waals surface area contributed by atoms with Crippen LogP contribution >= 0.6 is 11.6 Å². The highest BCUT2D eigenvalue weighted by atomic mass is 35.5. The van der Waals surface area contributed by atoms with Gasteiger partial charge in [-0.05, 0) is 44.4 Å². The Kier molecular flexibility index (Phi) is 6.73. The number of pyridine rings is 1. The summed E-state index contributed by atoms with van der Waals surface area (Å²) in [5, 5.41) is 6.07. The molecule has 2 heterocycles. The van der Waals surface area contributed by atoms with Gasteiger partial charge in [-0.2, -0.15) is 18.2 Å². The van der Waals surface area contributed by atoms with Crippen molar-refractivity contribution in [3.8, 4) is 11.3 Å². The Morgan fingerprint density at radius 2 is 1.90 bits per heavy atom. The van der Waals surface area contributed by atoms with Gasteiger partial charge in [0.25, 0.3) is 0 Å². The second kappa shape index (κ2) is 9.27. The molecule has 0 saturated carbocycles. The highest BCUT2D eigenvalue weighted by Crippen LogP contribution is 2.35. The second-order valence-electron chi connectivity index (χ2n) is 6.75. The highest BCUT2D eigenvalue weighted by molar-refractivity contribution is 6.33. The summed E-state index contributed by atoms with van der Waals surface area (Å²) >= 11 is 6.06. The number of rotatable bonds is 7. The van der Waals surface area contributed by atoms with E-state index in [1.165, 1.54) is 6.07 Å². The number of anilines is 3. The minimum absolute atomic E-state index is 0.0616. The number of benzene rings is 1. The maximum absolute atomic E-state index is 12.9. The Balaban J connectivity index is 1.91. The van der Waals surface area contributed by atoms with Gasteiger partial charge in [-0.15, -0.1) is 0 Å². The third-order valence-electron chi connectivity index (χ3n) is 4.08. The molecule has 10 heteroatoms. The molecule has 3 rings (SSSR count). The zero-order valence-electron chi connectivity index (χ0n) is 16.3. The standard InChI is InChI=1S/C20H20ClF3N6/c1-30(2)9-8-26-19-28-17(13-4-3-7-25-12-13)11-18(29-19)27-16-6-5-14(10-15(16)21)20(22,23)24/h3-7,10-12H,8-9H2,1-2H3,(H2,26,27,28,29). The maximum Gasteiger partial charge on any atom is 0.416 e. The monoisotopic (exact) mass is 436 g/mol. The van der Waals surface area contributed by atoms with Crippen molar-refractivity contribution in [2.45, 2.75) is 6.18 Å². The first-order valence-corrected chi connectivity index (χ1v) is 9.42. The molecule has 3 aromatic rings. The first-order valence-electron chi connectivity index (χ1n) is 9.04. The van der Waals surface area contributed by atoms with Gasteiger partial charge < -0.3 is 15.5 Å². The molecule has 0 bridgehead atoms. The third-order valence-corrected chi connectivity index (χ3v) is 4.40. The van der Waals surface area contributed by atoms with Crippen molar-refractivity contribution in [1.82, 2.24) is 19.9 Å². The maximum atomic E-state index is 12.9. The molecule has 6 nitrogen and oxygen atoms in total. The van der Waals surface area contributed by atoms with Crippen LogP contribution in [0.25, 0.3) is 11.3 Å². The van der Waals surface area contributed by atoms with E-state index in [0.29, 0.717) is 29.7 Å². The summed E-state index contributed by atoms with van der Waals surface area (Å²) in [7, 11) is 3.91. The van der Waals surface area contributed by atoms with Crippen LogP contribution in [0, 0.1) is 0 Å². The summed E-state index contributed by atoms with van der Waals surface area (Å²) in [5.41, 5.74) is 0.871. The molecule has 0 spiro atoms. The van der Waals surface area contributed by atoms with E-state index >= 15 is 0 Å². The van der Waals surface area contributed by atoms with Crippen LogP contribution in [0.1, 0.15) is 5.56 Å². The lowest BCUT2D eigenvalue weighted by molar-refractivity contribution is -0.137. The van der Waals surface area contributed by atoms with Crippen LogP contribution in [0.3, 0.4) is 0 Å². The first kappa shape index (κ1) is 21.8. The topological polar surface area (TPSA) is 66.0 Å². The first-order chi connectivity index (χ1) is 14.2. The molecule has 0 unspecified atom stereocenters. The van der Waals surface area contributed by atoms with Gasteiger partial charge >= 0.3 is 6.18 Å². The SMILES string of the molecule is CN(C)CCNc1nc(Nc2ccc(C(F)(F)F)cc2Cl)cc(-c2cccnc2)n1. The van der Waals surface area contributed by atoms with Crippen LogP contribution in [0.15, 0.2) is 48.8 Å². The number of nitrogens with zero attached hydrogens (tertiary/aromatic N) is 4. The largest absolute Gasteiger partial charge is 0.416 e. The number of hydrogen-bond donors (Lipinski definition) is 2. The molecule has 0 radical (unpaired) electrons. The zero-order valence-corrected chi connectivity index (χ0v) is 17.1. The number of nitrogens with one attached hydrogen (secondary N) is 2. The summed E-state index contributed by atoms with van der Waals surface area (Å²) < 4.78 is 38.6. The average molecular weight is 437 g/mol. The molecule has 1 aromatic carbocycles. The van der Waals surface area contributed by atoms with Crippen molar-refractivity contribution >= 4 is 29.1 Å². The summed E-state index contributed by atoms with van der Waals surface area (Å²) in [5.74, 6) is 0.765. The Morgan fingerprint density at radius 1 is 1.10 bits per heavy atom. The molecular weight excluding hydrogens is 417 g/mol. The highest BCUT2D eigenvalue weighted by Gasteiger charge is 2.30. The lowest BCUT2D eigenvalue weighted by Gasteiger charge is -2.14. The molecule has 2 aromatic heterocycles. The van der Waals surface area contributed by atoms with Gasteiger partial charge in [0.05, 0.1) is 22.0 Å². The van der Waals surface area contributed by atoms with Crippen LogP contribution in [0.5, 0.6) is 0 Å². The van der Waals surface area contributed by atoms with Gasteiger partial charge in [0.1, 0.15) is 5.82 Å². The quantitative estimate of drug-likeness (QED) is 0.547. The van der Waals surface area contributed by atoms with Crippen molar-refractivity contribution in [3.05, 3.63) is 59.4 Å². The molecule has 0 aliphatic carbocycles. The molecule has 0 fully saturated rings. The predicted molar refractivity (Wildman–Crippen MR) is 112 cm³/mol. The van der Waals surface area contributed by atoms with E-state index < -0.39 is 11.7 Å². The van der Waals surface area contributed by atoms with Gasteiger partial charge in [0.15, 0.2) is 0 Å². The third kappa shape index (κ3) is 5.80. The fourth-order valence-corrected chi connectivity index (χ4v) is 2.80. The summed E-state index contributed by atoms with van der Waals surface area (Å²) in [6.07, 6.45) is -1.14. The van der Waals surface area contributed by atoms with Gasteiger partial charge in [0.2, 0.25) is 5.95 Å². The van der Waals surface area contributed by atoms with E-state index in [1.807, 2.05) is 25.1 Å². The Hall–Kier alpha value is -2.91. The van der Waals surface area contributed by atoms with Crippen LogP contribution in [0.4, 0.5) is 30.6 Å². The molecule has 158 valence electrons. The van der Waals surface area contributed by atoms with E-state index in [4.69, 9.17) is 11.6 Å². The van der Waals surface area contributed by atoms with Gasteiger partial charge in [-0.1, -0.05) is 11.6 Å². The minimum Gasteiger partial charge on any atom is -0.353 e. The summed E-state index contributed by atoms with van der Waals surface area (Å²) in [4.78, 5) is 15.0. The smallest absolute Gasteiger partial charge is 0.353 e. The minimum atomic E-state index is -4.46. The van der Waals surface area contributed by atoms with Gasteiger partial charge in [-0.25, -0.2) is 4.98 Å². The van der Waals surface area contributed by atoms with E-state index in [0.717, 1.165) is 24.2 Å². The van der Waals surface area contributed by atoms with Crippen LogP contribution in [-0.2, 0) is 6.18 Å². The Bertz CT molecular complexity index is 996. The van der Waals surface area contributed by atoms with E-state index in [2.05, 4.69) is 25.6 Å². The lowest BCUT2D eigenvalue weighted by Crippen LogP contribution is -2.21. The number of hydrogen-bond acceptors (Lipinski definition) is 6. The fraction of sp³-hybridized carbons (Fsp3) is 0.250. The molecule has 0 saturated heterocycles. The number of aromatic nitrogens is 3. The average Bonchev–Trinajstić information content (AvgIpc) is 2.69. The van der Waals surface area contributed by atoms with Crippen molar-refractivity contribution in [1.29, 1.82) is 0 Å². The molecule has 0 aliphatic rings. The Labute approximate surface area is 177 Å². The lowest BCUT2D eigenvalue weighted by atomic mass is 10.2. The van der Waals surface area contributed by atoms with Gasteiger partial charge in [0, 0.05) is 37.1 Å². The normalized spacial score (nSPS) is 11.6. The summed E-state index contributed by atoms with van der Waals surface area (Å²) in [6.45, 7) is 1.39. The van der Waals surface area contributed by atoms with Crippen LogP contribution in [0.2, 0.25) is 5.02 Å².